The first-order valence-corrected chi connectivity index (χ1v) is 7.34. The Labute approximate surface area is 118 Å². The predicted molar refractivity (Wildman–Crippen MR) is 77.8 cm³/mol. The molecule has 0 spiro atoms. The zero-order valence-electron chi connectivity index (χ0n) is 11.8. The van der Waals surface area contributed by atoms with Crippen molar-refractivity contribution < 1.29 is 9.32 Å². The number of fused-ring (bicyclic) bond motifs is 1. The van der Waals surface area contributed by atoms with E-state index in [1.807, 2.05) is 24.3 Å². The van der Waals surface area contributed by atoms with E-state index in [4.69, 9.17) is 4.52 Å². The second-order valence-electron chi connectivity index (χ2n) is 5.77. The molecule has 20 heavy (non-hydrogen) atoms. The number of nitrogens with zero attached hydrogens (tertiary/aromatic N) is 2. The average molecular weight is 272 g/mol. The third-order valence-corrected chi connectivity index (χ3v) is 3.94. The highest BCUT2D eigenvalue weighted by Crippen LogP contribution is 2.21. The molecule has 106 valence electrons. The van der Waals surface area contributed by atoms with Crippen LogP contribution >= 0.6 is 0 Å². The van der Waals surface area contributed by atoms with Gasteiger partial charge in [-0.1, -0.05) is 24.2 Å². The van der Waals surface area contributed by atoms with Gasteiger partial charge in [0.05, 0.1) is 5.39 Å². The zero-order valence-corrected chi connectivity index (χ0v) is 11.8. The quantitative estimate of drug-likeness (QED) is 0.784. The van der Waals surface area contributed by atoms with Gasteiger partial charge in [0, 0.05) is 13.0 Å². The fourth-order valence-corrected chi connectivity index (χ4v) is 2.97. The van der Waals surface area contributed by atoms with Crippen molar-refractivity contribution in [3.8, 4) is 0 Å². The minimum absolute atomic E-state index is 0.0849. The molecule has 2 heterocycles. The molecule has 0 saturated carbocycles. The summed E-state index contributed by atoms with van der Waals surface area (Å²) in [6, 6.07) is 7.53. The van der Waals surface area contributed by atoms with E-state index in [2.05, 4.69) is 17.0 Å². The van der Waals surface area contributed by atoms with Gasteiger partial charge in [-0.3, -0.25) is 4.79 Å². The van der Waals surface area contributed by atoms with Crippen LogP contribution in [0.25, 0.3) is 11.0 Å². The van der Waals surface area contributed by atoms with Gasteiger partial charge in [-0.05, 0) is 44.0 Å². The zero-order chi connectivity index (χ0) is 13.9. The Balaban J connectivity index is 1.66. The number of carbonyl (C=O) groups is 1. The first-order chi connectivity index (χ1) is 9.74. The Morgan fingerprint density at radius 2 is 2.10 bits per heavy atom. The third kappa shape index (κ3) is 2.75. The maximum Gasteiger partial charge on any atom is 0.185 e. The number of likely N-dealkylation sites (tertiary alicyclic amines) is 1. The maximum absolute atomic E-state index is 12.4. The van der Waals surface area contributed by atoms with Gasteiger partial charge in [0.25, 0.3) is 0 Å². The number of rotatable bonds is 5. The van der Waals surface area contributed by atoms with E-state index in [1.54, 1.807) is 0 Å². The van der Waals surface area contributed by atoms with Crippen LogP contribution in [0.5, 0.6) is 0 Å². The minimum atomic E-state index is 0.0849. The second-order valence-corrected chi connectivity index (χ2v) is 5.77. The Morgan fingerprint density at radius 1 is 1.35 bits per heavy atom. The number of ketones is 1. The normalized spacial score (nSPS) is 17.6. The molecule has 1 atom stereocenters. The number of hydrogen-bond donors (Lipinski definition) is 0. The lowest BCUT2D eigenvalue weighted by Gasteiger charge is -2.19. The molecule has 0 amide bonds. The number of para-hydroxylation sites is 1. The van der Waals surface area contributed by atoms with E-state index in [1.165, 1.54) is 25.9 Å². The highest BCUT2D eigenvalue weighted by atomic mass is 16.5. The number of benzene rings is 1. The van der Waals surface area contributed by atoms with Gasteiger partial charge in [0.15, 0.2) is 17.1 Å². The number of aromatic nitrogens is 1. The standard InChI is InChI=1S/C16H20N2O2/c1-12(11-18-8-4-5-9-18)10-14(19)16-13-6-2-3-7-15(13)20-17-16/h2-3,6-7,12H,4-5,8-11H2,1H3. The van der Waals surface area contributed by atoms with E-state index in [0.29, 0.717) is 23.6 Å². The molecule has 1 aliphatic heterocycles. The summed E-state index contributed by atoms with van der Waals surface area (Å²) in [7, 11) is 0. The highest BCUT2D eigenvalue weighted by molar-refractivity contribution is 6.05. The molecule has 1 fully saturated rings. The molecule has 1 aromatic carbocycles. The molecule has 3 rings (SSSR count). The van der Waals surface area contributed by atoms with Crippen LogP contribution < -0.4 is 0 Å². The van der Waals surface area contributed by atoms with Gasteiger partial charge in [-0.25, -0.2) is 0 Å². The molecule has 1 aliphatic rings. The van der Waals surface area contributed by atoms with Crippen molar-refractivity contribution in [1.29, 1.82) is 0 Å². The van der Waals surface area contributed by atoms with Crippen LogP contribution in [0, 0.1) is 5.92 Å². The lowest BCUT2D eigenvalue weighted by atomic mass is 10.0. The van der Waals surface area contributed by atoms with Gasteiger partial charge in [0.2, 0.25) is 0 Å². The topological polar surface area (TPSA) is 46.3 Å². The van der Waals surface area contributed by atoms with Crippen molar-refractivity contribution in [2.45, 2.75) is 26.2 Å². The monoisotopic (exact) mass is 272 g/mol. The van der Waals surface area contributed by atoms with Crippen LogP contribution in [0.2, 0.25) is 0 Å². The molecule has 2 aromatic rings. The molecular formula is C16H20N2O2. The van der Waals surface area contributed by atoms with Crippen molar-refractivity contribution in [2.24, 2.45) is 5.92 Å². The predicted octanol–water partition coefficient (Wildman–Crippen LogP) is 3.13. The van der Waals surface area contributed by atoms with Crippen molar-refractivity contribution in [2.75, 3.05) is 19.6 Å². The summed E-state index contributed by atoms with van der Waals surface area (Å²) >= 11 is 0. The van der Waals surface area contributed by atoms with Gasteiger partial charge < -0.3 is 9.42 Å². The Kier molecular flexibility index (Phi) is 3.83. The van der Waals surface area contributed by atoms with Gasteiger partial charge >= 0.3 is 0 Å². The fraction of sp³-hybridized carbons (Fsp3) is 0.500. The molecule has 1 saturated heterocycles. The third-order valence-electron chi connectivity index (χ3n) is 3.94. The molecule has 4 nitrogen and oxygen atoms in total. The molecule has 0 aliphatic carbocycles. The molecule has 1 aromatic heterocycles. The Morgan fingerprint density at radius 3 is 2.90 bits per heavy atom. The van der Waals surface area contributed by atoms with Crippen molar-refractivity contribution in [3.63, 3.8) is 0 Å². The van der Waals surface area contributed by atoms with Crippen LogP contribution in [-0.2, 0) is 0 Å². The van der Waals surface area contributed by atoms with Crippen LogP contribution in [0.4, 0.5) is 0 Å². The highest BCUT2D eigenvalue weighted by Gasteiger charge is 2.20. The molecule has 4 heteroatoms. The van der Waals surface area contributed by atoms with Crippen molar-refractivity contribution >= 4 is 16.8 Å². The lowest BCUT2D eigenvalue weighted by Crippen LogP contribution is -2.26. The van der Waals surface area contributed by atoms with Crippen molar-refractivity contribution in [1.82, 2.24) is 10.1 Å². The molecule has 1 unspecified atom stereocenters. The molecular weight excluding hydrogens is 252 g/mol. The van der Waals surface area contributed by atoms with Crippen LogP contribution in [0.15, 0.2) is 28.8 Å². The maximum atomic E-state index is 12.4. The summed E-state index contributed by atoms with van der Waals surface area (Å²) in [5.74, 6) is 0.442. The first-order valence-electron chi connectivity index (χ1n) is 7.34. The van der Waals surface area contributed by atoms with E-state index in [0.717, 1.165) is 11.9 Å². The Bertz CT molecular complexity index is 599. The molecule has 0 radical (unpaired) electrons. The van der Waals surface area contributed by atoms with Crippen LogP contribution in [0.3, 0.4) is 0 Å². The fourth-order valence-electron chi connectivity index (χ4n) is 2.97. The second kappa shape index (κ2) is 5.75. The summed E-state index contributed by atoms with van der Waals surface area (Å²) in [4.78, 5) is 14.8. The summed E-state index contributed by atoms with van der Waals surface area (Å²) in [5.41, 5.74) is 1.16. The van der Waals surface area contributed by atoms with Crippen LogP contribution in [0.1, 0.15) is 36.7 Å². The van der Waals surface area contributed by atoms with Gasteiger partial charge in [-0.15, -0.1) is 0 Å². The summed E-state index contributed by atoms with van der Waals surface area (Å²) in [6.45, 7) is 5.48. The van der Waals surface area contributed by atoms with E-state index in [9.17, 15) is 4.79 Å². The van der Waals surface area contributed by atoms with Gasteiger partial charge in [-0.2, -0.15) is 0 Å². The molecule has 0 bridgehead atoms. The number of hydrogen-bond acceptors (Lipinski definition) is 4. The van der Waals surface area contributed by atoms with E-state index in [-0.39, 0.29) is 5.78 Å². The van der Waals surface area contributed by atoms with E-state index < -0.39 is 0 Å². The lowest BCUT2D eigenvalue weighted by molar-refractivity contribution is 0.0948. The first kappa shape index (κ1) is 13.3. The number of Topliss-reactive ketones (excluding diaryl/α,β-unsaturated/α-hetero) is 1. The molecule has 0 N–H and O–H groups in total. The van der Waals surface area contributed by atoms with Crippen molar-refractivity contribution in [3.05, 3.63) is 30.0 Å². The Hall–Kier alpha value is -1.68. The van der Waals surface area contributed by atoms with Crippen LogP contribution in [-0.4, -0.2) is 35.5 Å². The average Bonchev–Trinajstić information content (AvgIpc) is 3.07. The summed E-state index contributed by atoms with van der Waals surface area (Å²) in [6.07, 6.45) is 3.11. The SMILES string of the molecule is CC(CC(=O)c1noc2ccccc12)CN1CCCC1. The minimum Gasteiger partial charge on any atom is -0.356 e. The largest absolute Gasteiger partial charge is 0.356 e. The summed E-state index contributed by atoms with van der Waals surface area (Å²) in [5, 5.41) is 4.77. The number of carbonyl (C=O) groups excluding carboxylic acids is 1. The summed E-state index contributed by atoms with van der Waals surface area (Å²) < 4.78 is 5.20. The van der Waals surface area contributed by atoms with Gasteiger partial charge in [0.1, 0.15) is 0 Å². The smallest absolute Gasteiger partial charge is 0.185 e. The van der Waals surface area contributed by atoms with E-state index >= 15 is 0 Å².